The van der Waals surface area contributed by atoms with E-state index in [9.17, 15) is 27.6 Å². The van der Waals surface area contributed by atoms with E-state index in [0.717, 1.165) is 4.57 Å². The molecule has 0 aliphatic heterocycles. The lowest BCUT2D eigenvalue weighted by molar-refractivity contribution is -0.160. The van der Waals surface area contributed by atoms with Crippen LogP contribution in [0.25, 0.3) is 0 Å². The number of methoxy groups -OCH3 is 1. The molecule has 0 saturated heterocycles. The fraction of sp³-hybridized carbons (Fsp3) is 0.545. The number of amides is 1. The molecule has 0 atom stereocenters. The van der Waals surface area contributed by atoms with Gasteiger partial charge in [0.1, 0.15) is 0 Å². The molecule has 124 valence electrons. The van der Waals surface area contributed by atoms with E-state index in [2.05, 4.69) is 4.74 Å². The van der Waals surface area contributed by atoms with Gasteiger partial charge in [0.25, 0.3) is 5.56 Å². The Bertz CT molecular complexity index is 623. The van der Waals surface area contributed by atoms with Crippen LogP contribution in [0.2, 0.25) is 0 Å². The summed E-state index contributed by atoms with van der Waals surface area (Å²) in [6, 6.07) is 0. The first-order chi connectivity index (χ1) is 10.2. The minimum absolute atomic E-state index is 0.0142. The number of ether oxygens (including phenoxy) is 2. The summed E-state index contributed by atoms with van der Waals surface area (Å²) in [4.78, 5) is 36.1. The summed E-state index contributed by atoms with van der Waals surface area (Å²) in [5.74, 6) is 0. The topological polar surface area (TPSA) is 102 Å². The summed E-state index contributed by atoms with van der Waals surface area (Å²) >= 11 is 0. The SMILES string of the molecule is COCCn1cc(CNC(=O)OCC(F)(F)F)c(=O)[nH]c1=O. The Kier molecular flexibility index (Phi) is 6.16. The highest BCUT2D eigenvalue weighted by molar-refractivity contribution is 5.67. The van der Waals surface area contributed by atoms with Crippen LogP contribution in [-0.2, 0) is 22.6 Å². The van der Waals surface area contributed by atoms with Gasteiger partial charge in [0.2, 0.25) is 0 Å². The average molecular weight is 325 g/mol. The molecule has 1 aromatic rings. The van der Waals surface area contributed by atoms with Gasteiger partial charge >= 0.3 is 18.0 Å². The number of H-pyrrole nitrogens is 1. The fourth-order valence-electron chi connectivity index (χ4n) is 1.40. The Morgan fingerprint density at radius 1 is 1.41 bits per heavy atom. The number of alkyl halides is 3. The number of rotatable bonds is 6. The maximum absolute atomic E-state index is 11.8. The Morgan fingerprint density at radius 3 is 2.68 bits per heavy atom. The zero-order valence-corrected chi connectivity index (χ0v) is 11.5. The number of hydrogen-bond acceptors (Lipinski definition) is 5. The van der Waals surface area contributed by atoms with Crippen molar-refractivity contribution in [2.45, 2.75) is 19.3 Å². The molecule has 0 unspecified atom stereocenters. The van der Waals surface area contributed by atoms with Crippen LogP contribution in [-0.4, -0.2) is 42.1 Å². The molecule has 0 spiro atoms. The van der Waals surface area contributed by atoms with Crippen LogP contribution in [0.3, 0.4) is 0 Å². The molecule has 1 amide bonds. The molecule has 1 heterocycles. The highest BCUT2D eigenvalue weighted by Gasteiger charge is 2.29. The van der Waals surface area contributed by atoms with Gasteiger partial charge in [0, 0.05) is 13.3 Å². The summed E-state index contributed by atoms with van der Waals surface area (Å²) in [6.07, 6.45) is -4.78. The summed E-state index contributed by atoms with van der Waals surface area (Å²) in [5.41, 5.74) is -1.43. The maximum atomic E-state index is 11.8. The number of aromatic nitrogens is 2. The van der Waals surface area contributed by atoms with Crippen molar-refractivity contribution in [2.75, 3.05) is 20.3 Å². The van der Waals surface area contributed by atoms with Crippen LogP contribution in [0.4, 0.5) is 18.0 Å². The van der Waals surface area contributed by atoms with Gasteiger partial charge in [-0.05, 0) is 0 Å². The van der Waals surface area contributed by atoms with E-state index >= 15 is 0 Å². The van der Waals surface area contributed by atoms with Crippen molar-refractivity contribution in [2.24, 2.45) is 0 Å². The average Bonchev–Trinajstić information content (AvgIpc) is 2.42. The van der Waals surface area contributed by atoms with Gasteiger partial charge in [-0.3, -0.25) is 14.3 Å². The van der Waals surface area contributed by atoms with E-state index in [1.807, 2.05) is 10.3 Å². The summed E-state index contributed by atoms with van der Waals surface area (Å²) in [7, 11) is 1.43. The number of carbonyl (C=O) groups is 1. The van der Waals surface area contributed by atoms with Crippen LogP contribution >= 0.6 is 0 Å². The van der Waals surface area contributed by atoms with Crippen LogP contribution in [0.5, 0.6) is 0 Å². The van der Waals surface area contributed by atoms with Gasteiger partial charge in [-0.2, -0.15) is 13.2 Å². The van der Waals surface area contributed by atoms with Crippen molar-refractivity contribution in [1.29, 1.82) is 0 Å². The summed E-state index contributed by atoms with van der Waals surface area (Å²) in [5, 5.41) is 1.99. The van der Waals surface area contributed by atoms with Crippen molar-refractivity contribution >= 4 is 6.09 Å². The number of aromatic amines is 1. The number of alkyl carbamates (subject to hydrolysis) is 1. The highest BCUT2D eigenvalue weighted by Crippen LogP contribution is 2.14. The van der Waals surface area contributed by atoms with Gasteiger partial charge < -0.3 is 14.8 Å². The molecule has 22 heavy (non-hydrogen) atoms. The van der Waals surface area contributed by atoms with Crippen molar-refractivity contribution in [1.82, 2.24) is 14.9 Å². The van der Waals surface area contributed by atoms with Gasteiger partial charge in [0.15, 0.2) is 6.61 Å². The summed E-state index contributed by atoms with van der Waals surface area (Å²) in [6.45, 7) is -1.74. The Balaban J connectivity index is 2.67. The second-order valence-corrected chi connectivity index (χ2v) is 4.14. The lowest BCUT2D eigenvalue weighted by Crippen LogP contribution is -2.36. The van der Waals surface area contributed by atoms with Crippen molar-refractivity contribution in [3.8, 4) is 0 Å². The van der Waals surface area contributed by atoms with E-state index in [4.69, 9.17) is 4.74 Å². The monoisotopic (exact) mass is 325 g/mol. The summed E-state index contributed by atoms with van der Waals surface area (Å²) < 4.78 is 45.4. The van der Waals surface area contributed by atoms with E-state index in [0.29, 0.717) is 0 Å². The second kappa shape index (κ2) is 7.64. The van der Waals surface area contributed by atoms with Crippen molar-refractivity contribution in [3.63, 3.8) is 0 Å². The molecule has 0 saturated carbocycles. The zero-order valence-electron chi connectivity index (χ0n) is 11.5. The number of carbonyl (C=O) groups excluding carboxylic acids is 1. The molecule has 0 aromatic carbocycles. The zero-order chi connectivity index (χ0) is 16.8. The minimum atomic E-state index is -4.64. The number of hydrogen-bond donors (Lipinski definition) is 2. The van der Waals surface area contributed by atoms with Gasteiger partial charge in [-0.25, -0.2) is 9.59 Å². The molecule has 1 rings (SSSR count). The third-order valence-corrected chi connectivity index (χ3v) is 2.41. The molecule has 0 bridgehead atoms. The standard InChI is InChI=1S/C11H14F3N3O5/c1-21-3-2-17-5-7(8(18)16-9(17)19)4-15-10(20)22-6-11(12,13)14/h5H,2-4,6H2,1H3,(H,15,20)(H,16,18,19). The van der Waals surface area contributed by atoms with Gasteiger partial charge in [0.05, 0.1) is 25.3 Å². The molecular weight excluding hydrogens is 311 g/mol. The Morgan fingerprint density at radius 2 is 2.09 bits per heavy atom. The van der Waals surface area contributed by atoms with E-state index in [-0.39, 0.29) is 25.3 Å². The van der Waals surface area contributed by atoms with E-state index < -0.39 is 30.1 Å². The molecule has 0 aliphatic carbocycles. The molecular formula is C11H14F3N3O5. The predicted octanol–water partition coefficient (Wildman–Crippen LogP) is -0.0285. The van der Waals surface area contributed by atoms with Gasteiger partial charge in [-0.1, -0.05) is 0 Å². The predicted molar refractivity (Wildman–Crippen MR) is 67.4 cm³/mol. The van der Waals surface area contributed by atoms with E-state index in [1.54, 1.807) is 0 Å². The molecule has 0 fully saturated rings. The quantitative estimate of drug-likeness (QED) is 0.765. The first-order valence-electron chi connectivity index (χ1n) is 6.02. The minimum Gasteiger partial charge on any atom is -0.440 e. The Labute approximate surface area is 121 Å². The number of nitrogens with zero attached hydrogens (tertiary/aromatic N) is 1. The maximum Gasteiger partial charge on any atom is 0.422 e. The second-order valence-electron chi connectivity index (χ2n) is 4.14. The van der Waals surface area contributed by atoms with Crippen molar-refractivity contribution in [3.05, 3.63) is 32.6 Å². The third kappa shape index (κ3) is 5.99. The van der Waals surface area contributed by atoms with Crippen LogP contribution in [0.15, 0.2) is 15.8 Å². The Hall–Kier alpha value is -2.30. The largest absolute Gasteiger partial charge is 0.440 e. The molecule has 2 N–H and O–H groups in total. The lowest BCUT2D eigenvalue weighted by Gasteiger charge is -2.10. The van der Waals surface area contributed by atoms with Crippen LogP contribution < -0.4 is 16.6 Å². The molecule has 8 nitrogen and oxygen atoms in total. The fourth-order valence-corrected chi connectivity index (χ4v) is 1.40. The van der Waals surface area contributed by atoms with Gasteiger partial charge in [-0.15, -0.1) is 0 Å². The molecule has 0 aliphatic rings. The third-order valence-electron chi connectivity index (χ3n) is 2.41. The molecule has 0 radical (unpaired) electrons. The first-order valence-corrected chi connectivity index (χ1v) is 6.02. The molecule has 11 heteroatoms. The van der Waals surface area contributed by atoms with Crippen LogP contribution in [0, 0.1) is 0 Å². The normalized spacial score (nSPS) is 11.3. The number of nitrogens with one attached hydrogen (secondary N) is 2. The number of halogens is 3. The molecule has 1 aromatic heterocycles. The van der Waals surface area contributed by atoms with Crippen LogP contribution in [0.1, 0.15) is 5.56 Å². The smallest absolute Gasteiger partial charge is 0.422 e. The van der Waals surface area contributed by atoms with E-state index in [1.165, 1.54) is 13.3 Å². The highest BCUT2D eigenvalue weighted by atomic mass is 19.4. The lowest BCUT2D eigenvalue weighted by atomic mass is 10.3. The van der Waals surface area contributed by atoms with Crippen molar-refractivity contribution < 1.29 is 27.4 Å². The first kappa shape index (κ1) is 17.8.